The third-order valence-electron chi connectivity index (χ3n) is 3.23. The number of rotatable bonds is 2. The number of pyridine rings is 1. The molecule has 5 nitrogen and oxygen atoms in total. The lowest BCUT2D eigenvalue weighted by Crippen LogP contribution is -2.32. The van der Waals surface area contributed by atoms with Crippen molar-refractivity contribution < 1.29 is 9.90 Å². The van der Waals surface area contributed by atoms with Crippen LogP contribution in [-0.4, -0.2) is 22.0 Å². The maximum atomic E-state index is 12.0. The fourth-order valence-electron chi connectivity index (χ4n) is 2.14. The average Bonchev–Trinajstić information content (AvgIpc) is 2.34. The minimum atomic E-state index is -0.222. The molecule has 1 heterocycles. The van der Waals surface area contributed by atoms with Crippen LogP contribution in [0.4, 0.5) is 5.69 Å². The van der Waals surface area contributed by atoms with E-state index in [0.717, 1.165) is 25.7 Å². The molecule has 1 aromatic rings. The predicted molar refractivity (Wildman–Crippen MR) is 69.5 cm³/mol. The van der Waals surface area contributed by atoms with E-state index in [1.165, 1.54) is 12.3 Å². The molecule has 98 valence electrons. The lowest BCUT2D eigenvalue weighted by molar-refractivity contribution is -0.120. The van der Waals surface area contributed by atoms with Crippen LogP contribution < -0.4 is 11.1 Å². The molecule has 1 aliphatic rings. The molecule has 1 fully saturated rings. The first kappa shape index (κ1) is 13.1. The normalized spacial score (nSPS) is 23.7. The monoisotopic (exact) mass is 269 g/mol. The quantitative estimate of drug-likeness (QED) is 0.765. The van der Waals surface area contributed by atoms with Gasteiger partial charge in [0.15, 0.2) is 0 Å². The fraction of sp³-hybridized carbons (Fsp3) is 0.500. The number of nitrogens with zero attached hydrogens (tertiary/aromatic N) is 1. The Bertz CT molecular complexity index is 445. The molecule has 1 amide bonds. The first-order chi connectivity index (χ1) is 8.56. The molecule has 0 atom stereocenters. The van der Waals surface area contributed by atoms with Gasteiger partial charge in [-0.3, -0.25) is 4.79 Å². The van der Waals surface area contributed by atoms with E-state index in [-0.39, 0.29) is 29.4 Å². The summed E-state index contributed by atoms with van der Waals surface area (Å²) in [5.41, 5.74) is 6.05. The van der Waals surface area contributed by atoms with E-state index in [1.54, 1.807) is 0 Å². The van der Waals surface area contributed by atoms with Crippen LogP contribution in [0.25, 0.3) is 0 Å². The zero-order chi connectivity index (χ0) is 13.1. The van der Waals surface area contributed by atoms with Crippen LogP contribution in [0, 0.1) is 5.92 Å². The number of aromatic hydroxyl groups is 1. The van der Waals surface area contributed by atoms with Gasteiger partial charge in [-0.1, -0.05) is 11.6 Å². The number of carbonyl (C=O) groups excluding carboxylic acids is 1. The number of hydrogen-bond donors (Lipinski definition) is 3. The van der Waals surface area contributed by atoms with Crippen LogP contribution in [-0.2, 0) is 4.79 Å². The summed E-state index contributed by atoms with van der Waals surface area (Å²) in [6.45, 7) is 0. The Morgan fingerprint density at radius 3 is 2.78 bits per heavy atom. The fourth-order valence-corrected chi connectivity index (χ4v) is 2.30. The highest BCUT2D eigenvalue weighted by atomic mass is 35.5. The number of nitrogens with two attached hydrogens (primary N) is 1. The van der Waals surface area contributed by atoms with Gasteiger partial charge in [0, 0.05) is 18.2 Å². The summed E-state index contributed by atoms with van der Waals surface area (Å²) in [6.07, 6.45) is 4.60. The molecule has 0 spiro atoms. The first-order valence-corrected chi connectivity index (χ1v) is 6.35. The van der Waals surface area contributed by atoms with Gasteiger partial charge in [-0.05, 0) is 31.7 Å². The van der Waals surface area contributed by atoms with Crippen molar-refractivity contribution in [3.8, 4) is 5.88 Å². The SMILES string of the molecule is NC1CCC(C(=O)Nc2cc(Cl)cnc2O)CC1. The number of nitrogens with one attached hydrogen (secondary N) is 1. The van der Waals surface area contributed by atoms with E-state index >= 15 is 0 Å². The van der Waals surface area contributed by atoms with Crippen molar-refractivity contribution >= 4 is 23.2 Å². The van der Waals surface area contributed by atoms with Gasteiger partial charge in [-0.2, -0.15) is 0 Å². The van der Waals surface area contributed by atoms with E-state index in [9.17, 15) is 9.90 Å². The number of hydrogen-bond acceptors (Lipinski definition) is 4. The maximum absolute atomic E-state index is 12.0. The van der Waals surface area contributed by atoms with Gasteiger partial charge in [0.2, 0.25) is 11.8 Å². The average molecular weight is 270 g/mol. The maximum Gasteiger partial charge on any atom is 0.235 e. The smallest absolute Gasteiger partial charge is 0.235 e. The second-order valence-corrected chi connectivity index (χ2v) is 5.06. The van der Waals surface area contributed by atoms with E-state index in [2.05, 4.69) is 10.3 Å². The zero-order valence-corrected chi connectivity index (χ0v) is 10.7. The first-order valence-electron chi connectivity index (χ1n) is 5.97. The zero-order valence-electron chi connectivity index (χ0n) is 9.90. The summed E-state index contributed by atoms with van der Waals surface area (Å²) in [5.74, 6) is -0.385. The van der Waals surface area contributed by atoms with Crippen LogP contribution in [0.1, 0.15) is 25.7 Å². The van der Waals surface area contributed by atoms with Crippen LogP contribution in [0.3, 0.4) is 0 Å². The lowest BCUT2D eigenvalue weighted by atomic mass is 9.86. The highest BCUT2D eigenvalue weighted by molar-refractivity contribution is 6.30. The Balaban J connectivity index is 2.00. The molecule has 0 aliphatic heterocycles. The van der Waals surface area contributed by atoms with Gasteiger partial charge < -0.3 is 16.2 Å². The second kappa shape index (κ2) is 5.54. The van der Waals surface area contributed by atoms with Crippen molar-refractivity contribution in [2.45, 2.75) is 31.7 Å². The van der Waals surface area contributed by atoms with E-state index in [1.807, 2.05) is 0 Å². The molecule has 4 N–H and O–H groups in total. The highest BCUT2D eigenvalue weighted by Crippen LogP contribution is 2.27. The van der Waals surface area contributed by atoms with Crippen LogP contribution in [0.15, 0.2) is 12.3 Å². The summed E-state index contributed by atoms with van der Waals surface area (Å²) in [5, 5.41) is 12.5. The number of anilines is 1. The predicted octanol–water partition coefficient (Wildman–Crippen LogP) is 1.90. The summed E-state index contributed by atoms with van der Waals surface area (Å²) in [6, 6.07) is 1.69. The Morgan fingerprint density at radius 2 is 2.11 bits per heavy atom. The standard InChI is InChI=1S/C12H16ClN3O2/c13-8-5-10(12(18)15-6-8)16-11(17)7-1-3-9(14)4-2-7/h5-7,9H,1-4,14H2,(H,15,18)(H,16,17). The summed E-state index contributed by atoms with van der Waals surface area (Å²) >= 11 is 5.76. The van der Waals surface area contributed by atoms with Gasteiger partial charge in [0.1, 0.15) is 5.69 Å². The molecule has 2 rings (SSSR count). The topological polar surface area (TPSA) is 88.2 Å². The largest absolute Gasteiger partial charge is 0.492 e. The summed E-state index contributed by atoms with van der Waals surface area (Å²) < 4.78 is 0. The number of amides is 1. The van der Waals surface area contributed by atoms with Crippen LogP contribution in [0.5, 0.6) is 5.88 Å². The summed E-state index contributed by atoms with van der Waals surface area (Å²) in [4.78, 5) is 15.7. The molecule has 1 aromatic heterocycles. The lowest BCUT2D eigenvalue weighted by Gasteiger charge is -2.25. The molecule has 1 aliphatic carbocycles. The van der Waals surface area contributed by atoms with Gasteiger partial charge in [0.05, 0.1) is 5.02 Å². The Labute approximate surface area is 110 Å². The Kier molecular flexibility index (Phi) is 4.04. The molecular formula is C12H16ClN3O2. The highest BCUT2D eigenvalue weighted by Gasteiger charge is 2.25. The summed E-state index contributed by atoms with van der Waals surface area (Å²) in [7, 11) is 0. The van der Waals surface area contributed by atoms with E-state index in [0.29, 0.717) is 5.02 Å². The van der Waals surface area contributed by atoms with E-state index < -0.39 is 0 Å². The van der Waals surface area contributed by atoms with Crippen LogP contribution >= 0.6 is 11.6 Å². The van der Waals surface area contributed by atoms with Gasteiger partial charge in [-0.15, -0.1) is 0 Å². The third-order valence-corrected chi connectivity index (χ3v) is 3.44. The van der Waals surface area contributed by atoms with Crippen molar-refractivity contribution in [3.05, 3.63) is 17.3 Å². The van der Waals surface area contributed by atoms with Crippen molar-refractivity contribution in [2.75, 3.05) is 5.32 Å². The van der Waals surface area contributed by atoms with Crippen molar-refractivity contribution in [3.63, 3.8) is 0 Å². The van der Waals surface area contributed by atoms with E-state index in [4.69, 9.17) is 17.3 Å². The third kappa shape index (κ3) is 3.11. The minimum absolute atomic E-state index is 0.0526. The van der Waals surface area contributed by atoms with Crippen LogP contribution in [0.2, 0.25) is 5.02 Å². The molecule has 18 heavy (non-hydrogen) atoms. The Hall–Kier alpha value is -1.33. The van der Waals surface area contributed by atoms with Crippen molar-refractivity contribution in [1.82, 2.24) is 4.98 Å². The van der Waals surface area contributed by atoms with Crippen molar-refractivity contribution in [2.24, 2.45) is 11.7 Å². The van der Waals surface area contributed by atoms with Gasteiger partial charge >= 0.3 is 0 Å². The molecule has 0 unspecified atom stereocenters. The number of carbonyl (C=O) groups is 1. The molecule has 0 radical (unpaired) electrons. The molecule has 0 aromatic carbocycles. The molecular weight excluding hydrogens is 254 g/mol. The number of halogens is 1. The number of aromatic nitrogens is 1. The molecule has 1 saturated carbocycles. The van der Waals surface area contributed by atoms with Gasteiger partial charge in [0.25, 0.3) is 0 Å². The Morgan fingerprint density at radius 1 is 1.44 bits per heavy atom. The molecule has 0 bridgehead atoms. The van der Waals surface area contributed by atoms with Crippen molar-refractivity contribution in [1.29, 1.82) is 0 Å². The van der Waals surface area contributed by atoms with Gasteiger partial charge in [-0.25, -0.2) is 4.98 Å². The minimum Gasteiger partial charge on any atom is -0.492 e. The molecule has 0 saturated heterocycles. The molecule has 6 heteroatoms. The second-order valence-electron chi connectivity index (χ2n) is 4.63.